The van der Waals surface area contributed by atoms with Crippen LogP contribution in [0.3, 0.4) is 0 Å². The highest BCUT2D eigenvalue weighted by Gasteiger charge is 2.18. The third-order valence-corrected chi connectivity index (χ3v) is 4.10. The number of aryl methyl sites for hydroxylation is 2. The molecule has 0 amide bonds. The molecule has 3 aromatic rings. The topological polar surface area (TPSA) is 27.1 Å². The zero-order valence-corrected chi connectivity index (χ0v) is 12.6. The molecular formula is C19H18N2O. The van der Waals surface area contributed by atoms with Gasteiger partial charge in [-0.05, 0) is 31.0 Å². The summed E-state index contributed by atoms with van der Waals surface area (Å²) in [5.74, 6) is 1.96. The maximum absolute atomic E-state index is 5.59. The van der Waals surface area contributed by atoms with Crippen molar-refractivity contribution in [2.24, 2.45) is 0 Å². The first kappa shape index (κ1) is 13.1. The molecule has 22 heavy (non-hydrogen) atoms. The van der Waals surface area contributed by atoms with Crippen LogP contribution in [0.25, 0.3) is 22.6 Å². The number of nitrogens with zero attached hydrogens (tertiary/aromatic N) is 2. The first-order valence-electron chi connectivity index (χ1n) is 7.74. The monoisotopic (exact) mass is 290 g/mol. The lowest BCUT2D eigenvalue weighted by molar-refractivity contribution is 0.340. The van der Waals surface area contributed by atoms with Crippen LogP contribution in [-0.2, 0) is 13.0 Å². The lowest BCUT2D eigenvalue weighted by atomic mass is 10.0. The zero-order valence-electron chi connectivity index (χ0n) is 12.6. The van der Waals surface area contributed by atoms with Crippen LogP contribution in [-0.4, -0.2) is 16.2 Å². The van der Waals surface area contributed by atoms with Crippen LogP contribution < -0.4 is 4.74 Å². The summed E-state index contributed by atoms with van der Waals surface area (Å²) in [5, 5.41) is 0. The Hall–Kier alpha value is -2.55. The predicted molar refractivity (Wildman–Crippen MR) is 88.0 cm³/mol. The molecule has 0 saturated carbocycles. The number of rotatable bonds is 3. The maximum Gasteiger partial charge on any atom is 0.140 e. The molecule has 3 heteroatoms. The van der Waals surface area contributed by atoms with Gasteiger partial charge < -0.3 is 9.30 Å². The van der Waals surface area contributed by atoms with E-state index < -0.39 is 0 Å². The van der Waals surface area contributed by atoms with Crippen molar-refractivity contribution in [3.63, 3.8) is 0 Å². The third kappa shape index (κ3) is 2.19. The van der Waals surface area contributed by atoms with E-state index in [0.29, 0.717) is 6.61 Å². The molecule has 2 heterocycles. The van der Waals surface area contributed by atoms with E-state index in [0.717, 1.165) is 35.8 Å². The summed E-state index contributed by atoms with van der Waals surface area (Å²) in [6.45, 7) is 3.67. The molecule has 0 N–H and O–H groups in total. The Balaban J connectivity index is 1.77. The van der Waals surface area contributed by atoms with E-state index in [1.807, 2.05) is 19.1 Å². The number of aromatic nitrogens is 2. The summed E-state index contributed by atoms with van der Waals surface area (Å²) in [6, 6.07) is 16.7. The van der Waals surface area contributed by atoms with Crippen molar-refractivity contribution in [1.82, 2.24) is 9.55 Å². The lowest BCUT2D eigenvalue weighted by Crippen LogP contribution is -2.09. The van der Waals surface area contributed by atoms with Crippen molar-refractivity contribution in [1.29, 1.82) is 0 Å². The van der Waals surface area contributed by atoms with Gasteiger partial charge in [-0.3, -0.25) is 0 Å². The number of ether oxygens (including phenoxy) is 1. The lowest BCUT2D eigenvalue weighted by Gasteiger charge is -2.17. The van der Waals surface area contributed by atoms with Gasteiger partial charge in [0.15, 0.2) is 0 Å². The minimum Gasteiger partial charge on any atom is -0.494 e. The standard InChI is InChI=1S/C19H18N2O/c1-2-22-16-8-5-7-15(12-16)18-13-21-11-10-14-6-3-4-9-17(14)19(21)20-18/h3-9,12-13H,2,10-11H2,1H3. The van der Waals surface area contributed by atoms with Gasteiger partial charge in [0, 0.05) is 23.9 Å². The molecule has 110 valence electrons. The molecule has 0 spiro atoms. The van der Waals surface area contributed by atoms with Crippen molar-refractivity contribution in [3.8, 4) is 28.4 Å². The van der Waals surface area contributed by atoms with Crippen LogP contribution >= 0.6 is 0 Å². The Morgan fingerprint density at radius 3 is 2.95 bits per heavy atom. The smallest absolute Gasteiger partial charge is 0.140 e. The van der Waals surface area contributed by atoms with Gasteiger partial charge in [0.1, 0.15) is 11.6 Å². The van der Waals surface area contributed by atoms with Gasteiger partial charge in [-0.15, -0.1) is 0 Å². The van der Waals surface area contributed by atoms with Crippen molar-refractivity contribution in [2.45, 2.75) is 19.9 Å². The first-order valence-corrected chi connectivity index (χ1v) is 7.74. The van der Waals surface area contributed by atoms with Gasteiger partial charge >= 0.3 is 0 Å². The molecule has 0 bridgehead atoms. The highest BCUT2D eigenvalue weighted by molar-refractivity contribution is 5.69. The largest absolute Gasteiger partial charge is 0.494 e. The van der Waals surface area contributed by atoms with Gasteiger partial charge in [-0.2, -0.15) is 0 Å². The van der Waals surface area contributed by atoms with Crippen LogP contribution in [0.4, 0.5) is 0 Å². The Bertz CT molecular complexity index is 820. The van der Waals surface area contributed by atoms with E-state index in [1.165, 1.54) is 11.1 Å². The predicted octanol–water partition coefficient (Wildman–Crippen LogP) is 4.17. The van der Waals surface area contributed by atoms with Gasteiger partial charge in [-0.25, -0.2) is 4.98 Å². The van der Waals surface area contributed by atoms with Gasteiger partial charge in [-0.1, -0.05) is 36.4 Å². The fourth-order valence-electron chi connectivity index (χ4n) is 3.05. The summed E-state index contributed by atoms with van der Waals surface area (Å²) in [6.07, 6.45) is 3.22. The van der Waals surface area contributed by atoms with Crippen molar-refractivity contribution in [2.75, 3.05) is 6.61 Å². The van der Waals surface area contributed by atoms with Crippen molar-refractivity contribution >= 4 is 0 Å². The highest BCUT2D eigenvalue weighted by Crippen LogP contribution is 2.32. The van der Waals surface area contributed by atoms with Gasteiger partial charge in [0.2, 0.25) is 0 Å². The van der Waals surface area contributed by atoms with E-state index in [-0.39, 0.29) is 0 Å². The van der Waals surface area contributed by atoms with Crippen LogP contribution in [0, 0.1) is 0 Å². The van der Waals surface area contributed by atoms with Crippen LogP contribution in [0.15, 0.2) is 54.7 Å². The quantitative estimate of drug-likeness (QED) is 0.724. The van der Waals surface area contributed by atoms with Crippen LogP contribution in [0.2, 0.25) is 0 Å². The number of benzene rings is 2. The molecule has 0 unspecified atom stereocenters. The van der Waals surface area contributed by atoms with E-state index in [4.69, 9.17) is 9.72 Å². The van der Waals surface area contributed by atoms with E-state index >= 15 is 0 Å². The fourth-order valence-corrected chi connectivity index (χ4v) is 3.05. The summed E-state index contributed by atoms with van der Waals surface area (Å²) in [7, 11) is 0. The number of hydrogen-bond donors (Lipinski definition) is 0. The molecule has 1 aliphatic heterocycles. The molecule has 0 radical (unpaired) electrons. The highest BCUT2D eigenvalue weighted by atomic mass is 16.5. The minimum absolute atomic E-state index is 0.677. The second-order valence-electron chi connectivity index (χ2n) is 5.51. The molecule has 0 fully saturated rings. The molecule has 2 aromatic carbocycles. The first-order chi connectivity index (χ1) is 10.8. The Morgan fingerprint density at radius 2 is 2.05 bits per heavy atom. The molecule has 0 aliphatic carbocycles. The maximum atomic E-state index is 5.59. The molecule has 4 rings (SSSR count). The average Bonchev–Trinajstić information content (AvgIpc) is 3.00. The molecule has 0 saturated heterocycles. The number of imidazole rings is 1. The Morgan fingerprint density at radius 1 is 1.14 bits per heavy atom. The SMILES string of the molecule is CCOc1cccc(-c2cn3c(n2)-c2ccccc2CC3)c1. The normalized spacial score (nSPS) is 12.6. The molecule has 1 aliphatic rings. The van der Waals surface area contributed by atoms with E-state index in [1.54, 1.807) is 0 Å². The summed E-state index contributed by atoms with van der Waals surface area (Å²) in [5.41, 5.74) is 4.75. The van der Waals surface area contributed by atoms with Crippen LogP contribution in [0.1, 0.15) is 12.5 Å². The van der Waals surface area contributed by atoms with Gasteiger partial charge in [0.05, 0.1) is 12.3 Å². The van der Waals surface area contributed by atoms with Gasteiger partial charge in [0.25, 0.3) is 0 Å². The van der Waals surface area contributed by atoms with E-state index in [2.05, 4.69) is 47.2 Å². The number of fused-ring (bicyclic) bond motifs is 3. The fraction of sp³-hybridized carbons (Fsp3) is 0.211. The average molecular weight is 290 g/mol. The summed E-state index contributed by atoms with van der Waals surface area (Å²) >= 11 is 0. The Kier molecular flexibility index (Phi) is 3.19. The van der Waals surface area contributed by atoms with Crippen LogP contribution in [0.5, 0.6) is 5.75 Å². The van der Waals surface area contributed by atoms with Crippen molar-refractivity contribution in [3.05, 3.63) is 60.3 Å². The summed E-state index contributed by atoms with van der Waals surface area (Å²) < 4.78 is 7.85. The van der Waals surface area contributed by atoms with Crippen molar-refractivity contribution < 1.29 is 4.74 Å². The molecule has 3 nitrogen and oxygen atoms in total. The minimum atomic E-state index is 0.677. The number of hydrogen-bond acceptors (Lipinski definition) is 2. The summed E-state index contributed by atoms with van der Waals surface area (Å²) in [4.78, 5) is 4.87. The second-order valence-corrected chi connectivity index (χ2v) is 5.51. The second kappa shape index (κ2) is 5.34. The molecule has 1 aromatic heterocycles. The molecule has 0 atom stereocenters. The third-order valence-electron chi connectivity index (χ3n) is 4.10. The zero-order chi connectivity index (χ0) is 14.9. The Labute approximate surface area is 130 Å². The van der Waals surface area contributed by atoms with E-state index in [9.17, 15) is 0 Å². The molecular weight excluding hydrogens is 272 g/mol.